The lowest BCUT2D eigenvalue weighted by molar-refractivity contribution is 0.0220. The molecular formula is C15H11NO2. The average molecular weight is 237 g/mol. The Hall–Kier alpha value is -2.31. The van der Waals surface area contributed by atoms with Gasteiger partial charge in [0, 0.05) is 5.56 Å². The quantitative estimate of drug-likeness (QED) is 0.827. The number of nitrogens with zero attached hydrogens (tertiary/aromatic N) is 1. The molecule has 3 nitrogen and oxygen atoms in total. The molecule has 0 fully saturated rings. The van der Waals surface area contributed by atoms with E-state index < -0.39 is 11.7 Å². The van der Waals surface area contributed by atoms with E-state index >= 15 is 0 Å². The van der Waals surface area contributed by atoms with Crippen LogP contribution >= 0.6 is 0 Å². The molecule has 2 aromatic rings. The van der Waals surface area contributed by atoms with E-state index in [0.29, 0.717) is 16.9 Å². The molecular weight excluding hydrogens is 226 g/mol. The van der Waals surface area contributed by atoms with E-state index in [1.54, 1.807) is 24.3 Å². The van der Waals surface area contributed by atoms with Crippen LogP contribution in [-0.2, 0) is 5.60 Å². The van der Waals surface area contributed by atoms with Crippen LogP contribution in [0.3, 0.4) is 0 Å². The van der Waals surface area contributed by atoms with Crippen LogP contribution in [0.2, 0.25) is 0 Å². The number of aliphatic hydroxyl groups is 1. The molecule has 0 spiro atoms. The highest BCUT2D eigenvalue weighted by atomic mass is 16.5. The predicted octanol–water partition coefficient (Wildman–Crippen LogP) is 2.21. The minimum atomic E-state index is -1.40. The van der Waals surface area contributed by atoms with E-state index in [9.17, 15) is 10.4 Å². The summed E-state index contributed by atoms with van der Waals surface area (Å²) in [6, 6.07) is 18.4. The van der Waals surface area contributed by atoms with Crippen molar-refractivity contribution >= 4 is 0 Å². The number of rotatable bonds is 1. The first-order valence-corrected chi connectivity index (χ1v) is 5.70. The monoisotopic (exact) mass is 237 g/mol. The van der Waals surface area contributed by atoms with Gasteiger partial charge in [-0.25, -0.2) is 0 Å². The summed E-state index contributed by atoms with van der Waals surface area (Å²) in [5, 5.41) is 20.1. The highest BCUT2D eigenvalue weighted by Crippen LogP contribution is 2.45. The summed E-state index contributed by atoms with van der Waals surface area (Å²) >= 11 is 0. The van der Waals surface area contributed by atoms with Crippen molar-refractivity contribution in [3.63, 3.8) is 0 Å². The van der Waals surface area contributed by atoms with E-state index in [1.807, 2.05) is 36.4 Å². The van der Waals surface area contributed by atoms with Crippen molar-refractivity contribution in [2.75, 3.05) is 0 Å². The first-order valence-electron chi connectivity index (χ1n) is 5.70. The van der Waals surface area contributed by atoms with E-state index in [4.69, 9.17) is 4.74 Å². The molecule has 0 bridgehead atoms. The maximum atomic E-state index is 10.9. The van der Waals surface area contributed by atoms with Crippen molar-refractivity contribution in [2.45, 2.75) is 11.7 Å². The molecule has 3 rings (SSSR count). The van der Waals surface area contributed by atoms with Crippen molar-refractivity contribution in [1.29, 1.82) is 5.26 Å². The van der Waals surface area contributed by atoms with Gasteiger partial charge in [-0.2, -0.15) is 5.26 Å². The number of ether oxygens (including phenoxy) is 1. The SMILES string of the molecule is N#CC1Oc2ccccc2C1(O)c1ccccc1. The standard InChI is InChI=1S/C15H11NO2/c16-10-14-15(17,11-6-2-1-3-7-11)12-8-4-5-9-13(12)18-14/h1-9,14,17H. The van der Waals surface area contributed by atoms with Crippen molar-refractivity contribution in [2.24, 2.45) is 0 Å². The van der Waals surface area contributed by atoms with Gasteiger partial charge in [0.05, 0.1) is 0 Å². The number of fused-ring (bicyclic) bond motifs is 1. The molecule has 2 atom stereocenters. The Morgan fingerprint density at radius 3 is 2.44 bits per heavy atom. The molecule has 2 unspecified atom stereocenters. The van der Waals surface area contributed by atoms with Gasteiger partial charge in [0.2, 0.25) is 6.10 Å². The molecule has 0 radical (unpaired) electrons. The molecule has 1 N–H and O–H groups in total. The van der Waals surface area contributed by atoms with Crippen molar-refractivity contribution in [3.8, 4) is 11.8 Å². The third-order valence-corrected chi connectivity index (χ3v) is 3.25. The highest BCUT2D eigenvalue weighted by molar-refractivity contribution is 5.51. The summed E-state index contributed by atoms with van der Waals surface area (Å²) in [5.74, 6) is 0.565. The summed E-state index contributed by atoms with van der Waals surface area (Å²) in [6.07, 6.45) is -0.919. The van der Waals surface area contributed by atoms with Gasteiger partial charge in [0.15, 0.2) is 5.60 Å². The van der Waals surface area contributed by atoms with Crippen LogP contribution in [0.15, 0.2) is 54.6 Å². The third-order valence-electron chi connectivity index (χ3n) is 3.25. The van der Waals surface area contributed by atoms with Crippen molar-refractivity contribution in [1.82, 2.24) is 0 Å². The fourth-order valence-electron chi connectivity index (χ4n) is 2.36. The van der Waals surface area contributed by atoms with E-state index in [-0.39, 0.29) is 0 Å². The zero-order chi connectivity index (χ0) is 12.6. The minimum Gasteiger partial charge on any atom is -0.471 e. The van der Waals surface area contributed by atoms with Gasteiger partial charge in [-0.3, -0.25) is 0 Å². The lowest BCUT2D eigenvalue weighted by atomic mass is 9.84. The molecule has 0 saturated heterocycles. The summed E-state index contributed by atoms with van der Waals surface area (Å²) in [4.78, 5) is 0. The second-order valence-corrected chi connectivity index (χ2v) is 4.26. The van der Waals surface area contributed by atoms with Crippen molar-refractivity contribution in [3.05, 3.63) is 65.7 Å². The Labute approximate surface area is 105 Å². The van der Waals surface area contributed by atoms with Crippen molar-refractivity contribution < 1.29 is 9.84 Å². The second-order valence-electron chi connectivity index (χ2n) is 4.26. The Morgan fingerprint density at radius 2 is 1.72 bits per heavy atom. The lowest BCUT2D eigenvalue weighted by Crippen LogP contribution is -2.38. The van der Waals surface area contributed by atoms with Crippen LogP contribution in [0, 0.1) is 11.3 Å². The molecule has 0 aromatic heterocycles. The first-order chi connectivity index (χ1) is 8.76. The maximum absolute atomic E-state index is 10.9. The molecule has 88 valence electrons. The van der Waals surface area contributed by atoms with Crippen LogP contribution in [0.1, 0.15) is 11.1 Å². The summed E-state index contributed by atoms with van der Waals surface area (Å²) < 4.78 is 5.52. The van der Waals surface area contributed by atoms with Crippen LogP contribution < -0.4 is 4.74 Å². The average Bonchev–Trinajstić information content (AvgIpc) is 2.74. The molecule has 1 aliphatic heterocycles. The molecule has 0 amide bonds. The second kappa shape index (κ2) is 3.86. The maximum Gasteiger partial charge on any atom is 0.221 e. The third kappa shape index (κ3) is 1.33. The van der Waals surface area contributed by atoms with Gasteiger partial charge in [0.25, 0.3) is 0 Å². The van der Waals surface area contributed by atoms with Gasteiger partial charge in [-0.1, -0.05) is 48.5 Å². The molecule has 0 aliphatic carbocycles. The Kier molecular flexibility index (Phi) is 2.32. The van der Waals surface area contributed by atoms with E-state index in [1.165, 1.54) is 0 Å². The van der Waals surface area contributed by atoms with Crippen LogP contribution in [-0.4, -0.2) is 11.2 Å². The zero-order valence-electron chi connectivity index (χ0n) is 9.58. The van der Waals surface area contributed by atoms with Crippen LogP contribution in [0.25, 0.3) is 0 Å². The topological polar surface area (TPSA) is 53.2 Å². The first kappa shape index (κ1) is 10.8. The minimum absolute atomic E-state index is 0.565. The Morgan fingerprint density at radius 1 is 1.06 bits per heavy atom. The van der Waals surface area contributed by atoms with Gasteiger partial charge in [0.1, 0.15) is 11.8 Å². The fourth-order valence-corrected chi connectivity index (χ4v) is 2.36. The Balaban J connectivity index is 2.23. The summed E-state index contributed by atoms with van der Waals surface area (Å²) in [5.41, 5.74) is -0.0867. The fraction of sp³-hybridized carbons (Fsp3) is 0.133. The van der Waals surface area contributed by atoms with Crippen LogP contribution in [0.4, 0.5) is 0 Å². The number of hydrogen-bond donors (Lipinski definition) is 1. The molecule has 1 heterocycles. The predicted molar refractivity (Wildman–Crippen MR) is 65.9 cm³/mol. The molecule has 2 aromatic carbocycles. The van der Waals surface area contributed by atoms with E-state index in [2.05, 4.69) is 0 Å². The number of hydrogen-bond acceptors (Lipinski definition) is 3. The lowest BCUT2D eigenvalue weighted by Gasteiger charge is -2.25. The van der Waals surface area contributed by atoms with E-state index in [0.717, 1.165) is 0 Å². The van der Waals surface area contributed by atoms with Gasteiger partial charge in [-0.15, -0.1) is 0 Å². The Bertz CT molecular complexity index is 618. The normalized spacial score (nSPS) is 25.0. The largest absolute Gasteiger partial charge is 0.471 e. The van der Waals surface area contributed by atoms with Gasteiger partial charge >= 0.3 is 0 Å². The number of benzene rings is 2. The molecule has 0 saturated carbocycles. The molecule has 18 heavy (non-hydrogen) atoms. The summed E-state index contributed by atoms with van der Waals surface area (Å²) in [6.45, 7) is 0. The number of para-hydroxylation sites is 1. The zero-order valence-corrected chi connectivity index (χ0v) is 9.58. The summed E-state index contributed by atoms with van der Waals surface area (Å²) in [7, 11) is 0. The molecule has 3 heteroatoms. The molecule has 1 aliphatic rings. The number of nitriles is 1. The van der Waals surface area contributed by atoms with Gasteiger partial charge in [-0.05, 0) is 11.6 Å². The smallest absolute Gasteiger partial charge is 0.221 e. The highest BCUT2D eigenvalue weighted by Gasteiger charge is 2.49. The van der Waals surface area contributed by atoms with Gasteiger partial charge < -0.3 is 9.84 Å². The van der Waals surface area contributed by atoms with Crippen LogP contribution in [0.5, 0.6) is 5.75 Å².